The fourth-order valence-corrected chi connectivity index (χ4v) is 3.50. The van der Waals surface area contributed by atoms with Crippen LogP contribution in [0.15, 0.2) is 53.4 Å². The van der Waals surface area contributed by atoms with Gasteiger partial charge in [-0.15, -0.1) is 0 Å². The molecule has 0 atom stereocenters. The summed E-state index contributed by atoms with van der Waals surface area (Å²) >= 11 is 0. The van der Waals surface area contributed by atoms with Crippen LogP contribution in [0, 0.1) is 0 Å². The fraction of sp³-hybridized carbons (Fsp3) is 0. The maximum atomic E-state index is 12.5. The van der Waals surface area contributed by atoms with Crippen molar-refractivity contribution in [3.8, 4) is 0 Å². The van der Waals surface area contributed by atoms with E-state index in [1.54, 1.807) is 6.07 Å². The van der Waals surface area contributed by atoms with E-state index in [2.05, 4.69) is 0 Å². The lowest BCUT2D eigenvalue weighted by atomic mass is 10.1. The summed E-state index contributed by atoms with van der Waals surface area (Å²) in [6, 6.07) is 11.4. The topological polar surface area (TPSA) is 97.5 Å². The molecular formula is C14H10N2O4S. The number of hydrogen-bond donors (Lipinski definition) is 1. The number of sulfonamides is 1. The summed E-state index contributed by atoms with van der Waals surface area (Å²) in [5.74, 6) is -1.75. The summed E-state index contributed by atoms with van der Waals surface area (Å²) in [6.07, 6.45) is 0. The Morgan fingerprint density at radius 1 is 0.857 bits per heavy atom. The van der Waals surface area contributed by atoms with Gasteiger partial charge in [-0.3, -0.25) is 9.59 Å². The van der Waals surface area contributed by atoms with Crippen molar-refractivity contribution < 1.29 is 18.0 Å². The molecule has 0 spiro atoms. The van der Waals surface area contributed by atoms with Crippen LogP contribution in [-0.4, -0.2) is 24.5 Å². The molecule has 7 heteroatoms. The Morgan fingerprint density at radius 3 is 2.14 bits per heavy atom. The van der Waals surface area contributed by atoms with Gasteiger partial charge in [-0.05, 0) is 30.3 Å². The summed E-state index contributed by atoms with van der Waals surface area (Å²) in [7, 11) is -4.22. The van der Waals surface area contributed by atoms with Crippen LogP contribution in [0.25, 0.3) is 0 Å². The first-order valence-electron chi connectivity index (χ1n) is 6.01. The maximum Gasteiger partial charge on any atom is 0.275 e. The van der Waals surface area contributed by atoms with E-state index in [0.29, 0.717) is 0 Å². The van der Waals surface area contributed by atoms with Crippen molar-refractivity contribution in [3.63, 3.8) is 0 Å². The van der Waals surface area contributed by atoms with Crippen LogP contribution in [0.3, 0.4) is 0 Å². The molecule has 2 aromatic carbocycles. The zero-order chi connectivity index (χ0) is 15.2. The third-order valence-corrected chi connectivity index (χ3v) is 4.84. The number of fused-ring (bicyclic) bond motifs is 1. The first-order chi connectivity index (χ1) is 9.93. The average molecular weight is 302 g/mol. The van der Waals surface area contributed by atoms with Gasteiger partial charge >= 0.3 is 0 Å². The van der Waals surface area contributed by atoms with Crippen molar-refractivity contribution in [2.45, 2.75) is 4.90 Å². The Kier molecular flexibility index (Phi) is 2.80. The van der Waals surface area contributed by atoms with Crippen LogP contribution >= 0.6 is 0 Å². The van der Waals surface area contributed by atoms with Gasteiger partial charge in [-0.25, -0.2) is 8.42 Å². The molecule has 2 aromatic rings. The number of rotatable bonds is 2. The Balaban J connectivity index is 2.14. The number of amides is 2. The molecular weight excluding hydrogens is 292 g/mol. The summed E-state index contributed by atoms with van der Waals surface area (Å²) in [5, 5.41) is 0. The highest BCUT2D eigenvalue weighted by molar-refractivity contribution is 7.90. The van der Waals surface area contributed by atoms with Crippen molar-refractivity contribution >= 4 is 27.5 Å². The minimum Gasteiger partial charge on any atom is -0.399 e. The molecule has 21 heavy (non-hydrogen) atoms. The van der Waals surface area contributed by atoms with E-state index in [0.717, 1.165) is 0 Å². The summed E-state index contributed by atoms with van der Waals surface area (Å²) < 4.78 is 25.2. The number of nitrogens with two attached hydrogens (primary N) is 1. The molecule has 0 saturated heterocycles. The lowest BCUT2D eigenvalue weighted by molar-refractivity contribution is 0.0765. The standard InChI is InChI=1S/C14H10N2O4S/c15-9-6-7-11-12(8-9)14(18)16(13(11)17)21(19,20)10-4-2-1-3-5-10/h1-8H,15H2. The third kappa shape index (κ3) is 1.90. The highest BCUT2D eigenvalue weighted by Gasteiger charge is 2.44. The second-order valence-electron chi connectivity index (χ2n) is 4.50. The van der Waals surface area contributed by atoms with E-state index >= 15 is 0 Å². The predicted molar refractivity (Wildman–Crippen MR) is 75.0 cm³/mol. The van der Waals surface area contributed by atoms with Crippen LogP contribution in [0.2, 0.25) is 0 Å². The summed E-state index contributed by atoms with van der Waals surface area (Å²) in [5.41, 5.74) is 5.89. The van der Waals surface area contributed by atoms with Crippen molar-refractivity contribution in [2.24, 2.45) is 0 Å². The molecule has 0 unspecified atom stereocenters. The maximum absolute atomic E-state index is 12.5. The minimum atomic E-state index is -4.22. The fourth-order valence-electron chi connectivity index (χ4n) is 2.15. The number of nitrogens with zero attached hydrogens (tertiary/aromatic N) is 1. The van der Waals surface area contributed by atoms with Crippen LogP contribution in [0.5, 0.6) is 0 Å². The number of imide groups is 1. The molecule has 2 amide bonds. The lowest BCUT2D eigenvalue weighted by Gasteiger charge is -2.14. The molecule has 1 aliphatic heterocycles. The third-order valence-electron chi connectivity index (χ3n) is 3.15. The zero-order valence-electron chi connectivity index (χ0n) is 10.7. The van der Waals surface area contributed by atoms with Gasteiger partial charge in [0.05, 0.1) is 16.0 Å². The largest absolute Gasteiger partial charge is 0.399 e. The van der Waals surface area contributed by atoms with Gasteiger partial charge in [0.2, 0.25) is 0 Å². The van der Waals surface area contributed by atoms with Gasteiger partial charge < -0.3 is 5.73 Å². The van der Waals surface area contributed by atoms with E-state index in [1.807, 2.05) is 0 Å². The Bertz CT molecular complexity index is 860. The van der Waals surface area contributed by atoms with Gasteiger partial charge in [-0.1, -0.05) is 18.2 Å². The summed E-state index contributed by atoms with van der Waals surface area (Å²) in [4.78, 5) is 24.4. The van der Waals surface area contributed by atoms with E-state index in [-0.39, 0.29) is 26.0 Å². The Hall–Kier alpha value is -2.67. The molecule has 0 aliphatic carbocycles. The van der Waals surface area contributed by atoms with Gasteiger partial charge in [0.1, 0.15) is 0 Å². The molecule has 0 radical (unpaired) electrons. The van der Waals surface area contributed by atoms with Crippen LogP contribution in [0.1, 0.15) is 20.7 Å². The second-order valence-corrected chi connectivity index (χ2v) is 6.28. The van der Waals surface area contributed by atoms with Gasteiger partial charge in [0.25, 0.3) is 21.8 Å². The molecule has 0 bridgehead atoms. The number of carbonyl (C=O) groups is 2. The molecule has 1 heterocycles. The molecule has 3 rings (SSSR count). The molecule has 0 saturated carbocycles. The van der Waals surface area contributed by atoms with Gasteiger partial charge in [0.15, 0.2) is 0 Å². The second kappa shape index (κ2) is 4.42. The van der Waals surface area contributed by atoms with Gasteiger partial charge in [-0.2, -0.15) is 4.31 Å². The monoisotopic (exact) mass is 302 g/mol. The van der Waals surface area contributed by atoms with Crippen LogP contribution in [0.4, 0.5) is 5.69 Å². The smallest absolute Gasteiger partial charge is 0.275 e. The molecule has 0 aromatic heterocycles. The predicted octanol–water partition coefficient (Wildman–Crippen LogP) is 1.25. The lowest BCUT2D eigenvalue weighted by Crippen LogP contribution is -2.36. The molecule has 106 valence electrons. The highest BCUT2D eigenvalue weighted by Crippen LogP contribution is 2.29. The van der Waals surface area contributed by atoms with Crippen molar-refractivity contribution in [2.75, 3.05) is 5.73 Å². The molecule has 2 N–H and O–H groups in total. The molecule has 1 aliphatic rings. The number of hydrogen-bond acceptors (Lipinski definition) is 5. The first-order valence-corrected chi connectivity index (χ1v) is 7.45. The summed E-state index contributed by atoms with van der Waals surface area (Å²) in [6.45, 7) is 0. The number of nitrogen functional groups attached to an aromatic ring is 1. The number of carbonyl (C=O) groups excluding carboxylic acids is 2. The zero-order valence-corrected chi connectivity index (χ0v) is 11.5. The highest BCUT2D eigenvalue weighted by atomic mass is 32.2. The quantitative estimate of drug-likeness (QED) is 0.665. The van der Waals surface area contributed by atoms with E-state index in [1.165, 1.54) is 42.5 Å². The van der Waals surface area contributed by atoms with Crippen LogP contribution in [-0.2, 0) is 10.0 Å². The molecule has 6 nitrogen and oxygen atoms in total. The Labute approximate surface area is 120 Å². The van der Waals surface area contributed by atoms with Crippen molar-refractivity contribution in [1.29, 1.82) is 0 Å². The number of benzene rings is 2. The van der Waals surface area contributed by atoms with Crippen molar-refractivity contribution in [3.05, 3.63) is 59.7 Å². The minimum absolute atomic E-state index is 0.000457. The normalized spacial score (nSPS) is 14.4. The first kappa shape index (κ1) is 13.3. The van der Waals surface area contributed by atoms with Crippen molar-refractivity contribution in [1.82, 2.24) is 4.31 Å². The van der Waals surface area contributed by atoms with Crippen LogP contribution < -0.4 is 5.73 Å². The van der Waals surface area contributed by atoms with E-state index in [9.17, 15) is 18.0 Å². The number of anilines is 1. The SMILES string of the molecule is Nc1ccc2c(c1)C(=O)N(S(=O)(=O)c1ccccc1)C2=O. The van der Waals surface area contributed by atoms with E-state index in [4.69, 9.17) is 5.73 Å². The van der Waals surface area contributed by atoms with Gasteiger partial charge in [0, 0.05) is 5.69 Å². The van der Waals surface area contributed by atoms with E-state index < -0.39 is 21.8 Å². The molecule has 0 fully saturated rings. The Morgan fingerprint density at radius 2 is 1.48 bits per heavy atom. The average Bonchev–Trinajstić information content (AvgIpc) is 2.71.